The van der Waals surface area contributed by atoms with E-state index in [-0.39, 0.29) is 23.0 Å². The molecule has 0 spiro atoms. The zero-order chi connectivity index (χ0) is 24.1. The average molecular weight is 467 g/mol. The van der Waals surface area contributed by atoms with Crippen LogP contribution in [0.1, 0.15) is 73.1 Å². The molecule has 3 atom stereocenters. The minimum absolute atomic E-state index is 0.0192. The Balaban J connectivity index is 1.87. The second kappa shape index (κ2) is 11.0. The molecule has 3 rings (SSSR count). The molecule has 2 aromatic rings. The van der Waals surface area contributed by atoms with E-state index in [1.54, 1.807) is 0 Å². The van der Waals surface area contributed by atoms with Gasteiger partial charge in [-0.3, -0.25) is 4.79 Å². The van der Waals surface area contributed by atoms with E-state index in [0.29, 0.717) is 5.92 Å². The van der Waals surface area contributed by atoms with Crippen molar-refractivity contribution in [3.8, 4) is 0 Å². The molecule has 1 aliphatic rings. The molecule has 1 N–H and O–H groups in total. The number of aliphatic carboxylic acids is 1. The number of hydrogen-bond donors (Lipinski definition) is 1. The van der Waals surface area contributed by atoms with Crippen LogP contribution in [-0.2, 0) is 9.22 Å². The molecule has 0 radical (unpaired) electrons. The number of rotatable bonds is 9. The van der Waals surface area contributed by atoms with Crippen molar-refractivity contribution in [3.05, 3.63) is 60.7 Å². The molecule has 0 amide bonds. The first-order chi connectivity index (χ1) is 15.6. The summed E-state index contributed by atoms with van der Waals surface area (Å²) in [4.78, 5) is 11.7. The van der Waals surface area contributed by atoms with Gasteiger partial charge in [0, 0.05) is 6.10 Å². The second-order valence-corrected chi connectivity index (χ2v) is 15.5. The molecule has 0 aromatic heterocycles. The van der Waals surface area contributed by atoms with Crippen molar-refractivity contribution in [3.63, 3.8) is 0 Å². The Hall–Kier alpha value is -1.91. The largest absolute Gasteiger partial charge is 0.481 e. The van der Waals surface area contributed by atoms with Crippen LogP contribution >= 0.6 is 0 Å². The van der Waals surface area contributed by atoms with Gasteiger partial charge in [0.1, 0.15) is 0 Å². The van der Waals surface area contributed by atoms with Gasteiger partial charge in [0.2, 0.25) is 0 Å². The lowest BCUT2D eigenvalue weighted by Gasteiger charge is -2.46. The molecule has 180 valence electrons. The number of carboxylic acid groups (broad SMARTS) is 1. The Kier molecular flexibility index (Phi) is 8.57. The van der Waals surface area contributed by atoms with Crippen LogP contribution in [0.25, 0.3) is 0 Å². The van der Waals surface area contributed by atoms with Crippen molar-refractivity contribution < 1.29 is 14.3 Å². The molecular formula is C29H42O3Si. The summed E-state index contributed by atoms with van der Waals surface area (Å²) in [5.41, 5.74) is 0. The maximum absolute atomic E-state index is 11.7. The molecule has 1 unspecified atom stereocenters. The zero-order valence-corrected chi connectivity index (χ0v) is 22.1. The highest BCUT2D eigenvalue weighted by Gasteiger charge is 2.51. The monoisotopic (exact) mass is 466 g/mol. The molecule has 33 heavy (non-hydrogen) atoms. The SMILES string of the molecule is CC(C)C(CC[C@H]1CCC[C@@H](O[Si](c2ccccc2)(c2ccccc2)C(C)(C)C)C1)C(=O)O. The molecule has 1 saturated carbocycles. The highest BCUT2D eigenvalue weighted by molar-refractivity contribution is 6.99. The summed E-state index contributed by atoms with van der Waals surface area (Å²) in [6.45, 7) is 11.0. The highest BCUT2D eigenvalue weighted by atomic mass is 28.4. The van der Waals surface area contributed by atoms with Crippen molar-refractivity contribution >= 4 is 24.7 Å². The molecule has 3 nitrogen and oxygen atoms in total. The lowest BCUT2D eigenvalue weighted by Crippen LogP contribution is -2.67. The fraction of sp³-hybridized carbons (Fsp3) is 0.552. The van der Waals surface area contributed by atoms with Crippen molar-refractivity contribution in [2.24, 2.45) is 17.8 Å². The van der Waals surface area contributed by atoms with Gasteiger partial charge in [-0.2, -0.15) is 0 Å². The third-order valence-corrected chi connectivity index (χ3v) is 12.6. The van der Waals surface area contributed by atoms with Crippen LogP contribution in [0.5, 0.6) is 0 Å². The van der Waals surface area contributed by atoms with Crippen LogP contribution in [0.3, 0.4) is 0 Å². The van der Waals surface area contributed by atoms with E-state index in [1.165, 1.54) is 16.8 Å². The van der Waals surface area contributed by atoms with Gasteiger partial charge < -0.3 is 9.53 Å². The quantitative estimate of drug-likeness (QED) is 0.444. The van der Waals surface area contributed by atoms with E-state index in [1.807, 2.05) is 13.8 Å². The predicted molar refractivity (Wildman–Crippen MR) is 140 cm³/mol. The van der Waals surface area contributed by atoms with Gasteiger partial charge in [-0.1, -0.05) is 108 Å². The first kappa shape index (κ1) is 25.7. The third kappa shape index (κ3) is 5.96. The van der Waals surface area contributed by atoms with E-state index in [0.717, 1.165) is 32.1 Å². The van der Waals surface area contributed by atoms with Crippen LogP contribution in [0, 0.1) is 17.8 Å². The molecule has 2 aromatic carbocycles. The number of benzene rings is 2. The predicted octanol–water partition coefficient (Wildman–Crippen LogP) is 6.26. The van der Waals surface area contributed by atoms with Gasteiger partial charge in [-0.25, -0.2) is 0 Å². The standard InChI is InChI=1S/C29H42O3Si/c1-22(2)27(28(30)31)20-19-23-13-12-14-24(21-23)32-33(29(3,4)5,25-15-8-6-9-16-25)26-17-10-7-11-18-26/h6-11,15-18,22-24,27H,12-14,19-21H2,1-5H3,(H,30,31)/t23-,24-,27?/m1/s1. The highest BCUT2D eigenvalue weighted by Crippen LogP contribution is 2.40. The number of hydrogen-bond acceptors (Lipinski definition) is 2. The Morgan fingerprint density at radius 2 is 1.55 bits per heavy atom. The van der Waals surface area contributed by atoms with E-state index in [9.17, 15) is 9.90 Å². The van der Waals surface area contributed by atoms with E-state index in [2.05, 4.69) is 81.4 Å². The van der Waals surface area contributed by atoms with Crippen molar-refractivity contribution in [2.45, 2.75) is 84.3 Å². The maximum Gasteiger partial charge on any atom is 0.306 e. The van der Waals surface area contributed by atoms with Gasteiger partial charge in [0.15, 0.2) is 0 Å². The molecule has 4 heteroatoms. The van der Waals surface area contributed by atoms with E-state index in [4.69, 9.17) is 4.43 Å². The fourth-order valence-corrected chi connectivity index (χ4v) is 10.4. The topological polar surface area (TPSA) is 46.5 Å². The van der Waals surface area contributed by atoms with Crippen LogP contribution in [0.4, 0.5) is 0 Å². The Morgan fingerprint density at radius 3 is 2.00 bits per heavy atom. The first-order valence-electron chi connectivity index (χ1n) is 12.7. The maximum atomic E-state index is 11.7. The van der Waals surface area contributed by atoms with Gasteiger partial charge in [-0.15, -0.1) is 0 Å². The Labute approximate surface area is 201 Å². The first-order valence-corrected chi connectivity index (χ1v) is 14.6. The van der Waals surface area contributed by atoms with E-state index < -0.39 is 14.3 Å². The van der Waals surface area contributed by atoms with Crippen molar-refractivity contribution in [2.75, 3.05) is 0 Å². The fourth-order valence-electron chi connectivity index (χ4n) is 5.71. The van der Waals surface area contributed by atoms with Crippen LogP contribution in [0.2, 0.25) is 5.04 Å². The third-order valence-electron chi connectivity index (χ3n) is 7.50. The molecule has 1 aliphatic carbocycles. The van der Waals surface area contributed by atoms with Gasteiger partial charge >= 0.3 is 5.97 Å². The summed E-state index contributed by atoms with van der Waals surface area (Å²) in [7, 11) is -2.54. The molecule has 1 fully saturated rings. The van der Waals surface area contributed by atoms with Gasteiger partial charge in [0.25, 0.3) is 8.32 Å². The summed E-state index contributed by atoms with van der Waals surface area (Å²) in [5.74, 6) is -0.179. The van der Waals surface area contributed by atoms with Crippen LogP contribution in [0.15, 0.2) is 60.7 Å². The average Bonchev–Trinajstić information content (AvgIpc) is 2.78. The van der Waals surface area contributed by atoms with Crippen molar-refractivity contribution in [1.82, 2.24) is 0 Å². The van der Waals surface area contributed by atoms with Crippen molar-refractivity contribution in [1.29, 1.82) is 0 Å². The van der Waals surface area contributed by atoms with Gasteiger partial charge in [0.05, 0.1) is 5.92 Å². The second-order valence-electron chi connectivity index (χ2n) is 11.2. The van der Waals surface area contributed by atoms with Gasteiger partial charge in [-0.05, 0) is 52.9 Å². The molecule has 0 aliphatic heterocycles. The summed E-state index contributed by atoms with van der Waals surface area (Å²) in [5, 5.41) is 12.2. The minimum Gasteiger partial charge on any atom is -0.481 e. The lowest BCUT2D eigenvalue weighted by atomic mass is 9.81. The van der Waals surface area contributed by atoms with Crippen LogP contribution < -0.4 is 10.4 Å². The number of carboxylic acids is 1. The molecular weight excluding hydrogens is 424 g/mol. The summed E-state index contributed by atoms with van der Waals surface area (Å²) < 4.78 is 7.37. The molecule has 0 saturated heterocycles. The summed E-state index contributed by atoms with van der Waals surface area (Å²) >= 11 is 0. The lowest BCUT2D eigenvalue weighted by molar-refractivity contribution is -0.143. The minimum atomic E-state index is -2.54. The molecule has 0 bridgehead atoms. The zero-order valence-electron chi connectivity index (χ0n) is 21.1. The number of carbonyl (C=O) groups is 1. The normalized spacial score (nSPS) is 20.5. The Morgan fingerprint density at radius 1 is 1.00 bits per heavy atom. The summed E-state index contributed by atoms with van der Waals surface area (Å²) in [6.07, 6.45) is 6.44. The van der Waals surface area contributed by atoms with E-state index >= 15 is 0 Å². The van der Waals surface area contributed by atoms with Crippen LogP contribution in [-0.4, -0.2) is 25.5 Å². The smallest absolute Gasteiger partial charge is 0.306 e. The summed E-state index contributed by atoms with van der Waals surface area (Å²) in [6, 6.07) is 21.7. The Bertz CT molecular complexity index is 833. The molecule has 0 heterocycles.